The number of carbonyl (C=O) groups excluding carboxylic acids is 1. The number of primary amides is 1. The van der Waals surface area contributed by atoms with Crippen LogP contribution in [0.1, 0.15) is 44.6 Å². The Kier molecular flexibility index (Phi) is 5.77. The maximum Gasteiger partial charge on any atom is 0.293 e. The second kappa shape index (κ2) is 9.01. The highest BCUT2D eigenvalue weighted by atomic mass is 16.5. The molecule has 0 bridgehead atoms. The van der Waals surface area contributed by atoms with Crippen molar-refractivity contribution in [3.63, 3.8) is 0 Å². The molecule has 166 valence electrons. The quantitative estimate of drug-likeness (QED) is 0.618. The smallest absolute Gasteiger partial charge is 0.293 e. The molecule has 1 saturated heterocycles. The average Bonchev–Trinajstić information content (AvgIpc) is 3.54. The summed E-state index contributed by atoms with van der Waals surface area (Å²) >= 11 is 0. The SMILES string of the molecule is NC(=O)C#CC[C@@H]1CCC[C@@H](Oc2nc(-c3cnn([C@@H]4CCOC4)c3)cn3nccc23)C1. The predicted octanol–water partition coefficient (Wildman–Crippen LogP) is 2.37. The number of nitrogens with two attached hydrogens (primary N) is 1. The van der Waals surface area contributed by atoms with Crippen LogP contribution in [0.2, 0.25) is 0 Å². The first-order valence-corrected chi connectivity index (χ1v) is 11.1. The topological polar surface area (TPSA) is 110 Å². The maximum absolute atomic E-state index is 10.9. The summed E-state index contributed by atoms with van der Waals surface area (Å²) in [5.74, 6) is 5.71. The summed E-state index contributed by atoms with van der Waals surface area (Å²) < 4.78 is 15.6. The number of rotatable bonds is 5. The largest absolute Gasteiger partial charge is 0.473 e. The fraction of sp³-hybridized carbons (Fsp3) is 0.478. The minimum atomic E-state index is -0.582. The minimum Gasteiger partial charge on any atom is -0.473 e. The molecule has 9 nitrogen and oxygen atoms in total. The number of hydrogen-bond donors (Lipinski definition) is 1. The third-order valence-electron chi connectivity index (χ3n) is 6.15. The minimum absolute atomic E-state index is 0.0453. The summed E-state index contributed by atoms with van der Waals surface area (Å²) in [6, 6.07) is 2.18. The van der Waals surface area contributed by atoms with Gasteiger partial charge in [-0.1, -0.05) is 5.92 Å². The molecule has 9 heteroatoms. The van der Waals surface area contributed by atoms with E-state index in [4.69, 9.17) is 20.2 Å². The predicted molar refractivity (Wildman–Crippen MR) is 117 cm³/mol. The van der Waals surface area contributed by atoms with Crippen molar-refractivity contribution in [2.24, 2.45) is 11.7 Å². The Morgan fingerprint density at radius 3 is 3.06 bits per heavy atom. The monoisotopic (exact) mass is 434 g/mol. The summed E-state index contributed by atoms with van der Waals surface area (Å²) in [6.45, 7) is 1.46. The zero-order valence-electron chi connectivity index (χ0n) is 17.8. The van der Waals surface area contributed by atoms with Crippen LogP contribution in [0.5, 0.6) is 5.88 Å². The van der Waals surface area contributed by atoms with Gasteiger partial charge in [0.1, 0.15) is 11.6 Å². The zero-order valence-corrected chi connectivity index (χ0v) is 17.8. The fourth-order valence-electron chi connectivity index (χ4n) is 4.50. The van der Waals surface area contributed by atoms with Gasteiger partial charge in [0.2, 0.25) is 5.88 Å². The van der Waals surface area contributed by atoms with Crippen LogP contribution in [0, 0.1) is 17.8 Å². The first kappa shape index (κ1) is 20.5. The number of aromatic nitrogens is 5. The molecule has 2 N–H and O–H groups in total. The first-order chi connectivity index (χ1) is 15.7. The number of ether oxygens (including phenoxy) is 2. The molecular formula is C23H26N6O3. The van der Waals surface area contributed by atoms with Crippen molar-refractivity contribution < 1.29 is 14.3 Å². The van der Waals surface area contributed by atoms with E-state index in [1.807, 2.05) is 29.3 Å². The van der Waals surface area contributed by atoms with Crippen LogP contribution in [0.4, 0.5) is 0 Å². The average molecular weight is 435 g/mol. The molecule has 4 heterocycles. The fourth-order valence-corrected chi connectivity index (χ4v) is 4.50. The molecule has 1 aliphatic heterocycles. The summed E-state index contributed by atoms with van der Waals surface area (Å²) in [6.07, 6.45) is 13.1. The van der Waals surface area contributed by atoms with Gasteiger partial charge in [-0.15, -0.1) is 0 Å². The van der Waals surface area contributed by atoms with Crippen LogP contribution >= 0.6 is 0 Å². The Labute approximate surface area is 185 Å². The number of fused-ring (bicyclic) bond motifs is 1. The molecule has 32 heavy (non-hydrogen) atoms. The molecule has 1 saturated carbocycles. The third-order valence-corrected chi connectivity index (χ3v) is 6.15. The lowest BCUT2D eigenvalue weighted by Gasteiger charge is -2.28. The normalized spacial score (nSPS) is 23.1. The Morgan fingerprint density at radius 1 is 1.28 bits per heavy atom. The molecule has 1 aliphatic carbocycles. The molecule has 0 radical (unpaired) electrons. The summed E-state index contributed by atoms with van der Waals surface area (Å²) in [4.78, 5) is 15.7. The zero-order chi connectivity index (χ0) is 21.9. The highest BCUT2D eigenvalue weighted by Crippen LogP contribution is 2.32. The molecule has 1 amide bonds. The van der Waals surface area contributed by atoms with Crippen LogP contribution in [0.25, 0.3) is 16.8 Å². The van der Waals surface area contributed by atoms with Gasteiger partial charge in [0.05, 0.1) is 36.9 Å². The molecule has 3 aromatic heterocycles. The number of nitrogens with zero attached hydrogens (tertiary/aromatic N) is 5. The third kappa shape index (κ3) is 4.46. The summed E-state index contributed by atoms with van der Waals surface area (Å²) in [5.41, 5.74) is 7.63. The van der Waals surface area contributed by atoms with E-state index in [0.717, 1.165) is 55.5 Å². The van der Waals surface area contributed by atoms with Gasteiger partial charge < -0.3 is 15.2 Å². The van der Waals surface area contributed by atoms with E-state index in [1.165, 1.54) is 0 Å². The maximum atomic E-state index is 10.9. The molecule has 0 aromatic carbocycles. The van der Waals surface area contributed by atoms with Crippen molar-refractivity contribution in [2.75, 3.05) is 13.2 Å². The lowest BCUT2D eigenvalue weighted by molar-refractivity contribution is -0.112. The van der Waals surface area contributed by atoms with Crippen molar-refractivity contribution in [3.05, 3.63) is 30.9 Å². The number of carbonyl (C=O) groups is 1. The molecule has 0 spiro atoms. The second-order valence-corrected chi connectivity index (χ2v) is 8.46. The van der Waals surface area contributed by atoms with E-state index in [0.29, 0.717) is 24.8 Å². The summed E-state index contributed by atoms with van der Waals surface area (Å²) in [5, 5.41) is 8.92. The van der Waals surface area contributed by atoms with Gasteiger partial charge >= 0.3 is 0 Å². The van der Waals surface area contributed by atoms with E-state index >= 15 is 0 Å². The van der Waals surface area contributed by atoms with Crippen molar-refractivity contribution in [1.82, 2.24) is 24.4 Å². The molecule has 3 atom stereocenters. The van der Waals surface area contributed by atoms with E-state index in [2.05, 4.69) is 22.0 Å². The van der Waals surface area contributed by atoms with Crippen LogP contribution < -0.4 is 10.5 Å². The van der Waals surface area contributed by atoms with Gasteiger partial charge in [-0.2, -0.15) is 10.2 Å². The Hall–Kier alpha value is -3.38. The molecule has 5 rings (SSSR count). The van der Waals surface area contributed by atoms with Gasteiger partial charge in [-0.05, 0) is 50.0 Å². The Bertz CT molecular complexity index is 1170. The van der Waals surface area contributed by atoms with E-state index in [-0.39, 0.29) is 12.1 Å². The van der Waals surface area contributed by atoms with Crippen LogP contribution in [0.3, 0.4) is 0 Å². The van der Waals surface area contributed by atoms with Gasteiger partial charge in [0.25, 0.3) is 5.91 Å². The van der Waals surface area contributed by atoms with Crippen molar-refractivity contribution >= 4 is 11.4 Å². The molecule has 2 fully saturated rings. The van der Waals surface area contributed by atoms with Crippen molar-refractivity contribution in [1.29, 1.82) is 0 Å². The first-order valence-electron chi connectivity index (χ1n) is 11.1. The molecule has 3 aromatic rings. The van der Waals surface area contributed by atoms with E-state index in [9.17, 15) is 4.79 Å². The lowest BCUT2D eigenvalue weighted by Crippen LogP contribution is -2.26. The van der Waals surface area contributed by atoms with Crippen LogP contribution in [-0.4, -0.2) is 49.6 Å². The second-order valence-electron chi connectivity index (χ2n) is 8.46. The number of hydrogen-bond acceptors (Lipinski definition) is 6. The molecule has 0 unspecified atom stereocenters. The summed E-state index contributed by atoms with van der Waals surface area (Å²) in [7, 11) is 0. The highest BCUT2D eigenvalue weighted by molar-refractivity contribution is 5.91. The van der Waals surface area contributed by atoms with Crippen LogP contribution in [-0.2, 0) is 9.53 Å². The van der Waals surface area contributed by atoms with Gasteiger partial charge in [-0.25, -0.2) is 9.50 Å². The van der Waals surface area contributed by atoms with Crippen molar-refractivity contribution in [2.45, 2.75) is 50.7 Å². The van der Waals surface area contributed by atoms with Crippen LogP contribution in [0.15, 0.2) is 30.9 Å². The molecular weight excluding hydrogens is 408 g/mol. The van der Waals surface area contributed by atoms with Crippen molar-refractivity contribution in [3.8, 4) is 29.0 Å². The Morgan fingerprint density at radius 2 is 2.22 bits per heavy atom. The van der Waals surface area contributed by atoms with Gasteiger partial charge in [-0.3, -0.25) is 9.48 Å². The van der Waals surface area contributed by atoms with Gasteiger partial charge in [0.15, 0.2) is 0 Å². The lowest BCUT2D eigenvalue weighted by atomic mass is 9.85. The molecule has 2 aliphatic rings. The highest BCUT2D eigenvalue weighted by Gasteiger charge is 2.25. The van der Waals surface area contributed by atoms with E-state index in [1.54, 1.807) is 10.7 Å². The number of amides is 1. The van der Waals surface area contributed by atoms with E-state index < -0.39 is 5.91 Å². The standard InChI is InChI=1S/C23H26N6O3/c24-22(30)6-2-4-16-3-1-5-19(11-16)32-23-21-7-9-25-29(21)14-20(27-23)17-12-26-28(13-17)18-8-10-31-15-18/h7,9,12-14,16,18-19H,1,3-5,8,10-11,15H2,(H2,24,30)/t16-,18+,19+/m0/s1. The Balaban J connectivity index is 1.35. The van der Waals surface area contributed by atoms with Gasteiger partial charge in [0, 0.05) is 24.8 Å².